The van der Waals surface area contributed by atoms with Gasteiger partial charge in [-0.15, -0.1) is 0 Å². The quantitative estimate of drug-likeness (QED) is 0.451. The monoisotopic (exact) mass is 433 g/mol. The van der Waals surface area contributed by atoms with Crippen molar-refractivity contribution in [2.75, 3.05) is 0 Å². The third-order valence-electron chi connectivity index (χ3n) is 4.85. The number of hydrogen-bond acceptors (Lipinski definition) is 4. The summed E-state index contributed by atoms with van der Waals surface area (Å²) in [7, 11) is 0. The molecule has 6 heteroatoms. The Hall–Kier alpha value is -3.38. The molecule has 0 N–H and O–H groups in total. The number of halogens is 1. The maximum absolute atomic E-state index is 13.1. The van der Waals surface area contributed by atoms with E-state index in [0.29, 0.717) is 16.2 Å². The zero-order chi connectivity index (χ0) is 21.8. The second kappa shape index (κ2) is 9.18. The lowest BCUT2D eigenvalue weighted by Crippen LogP contribution is -2.27. The van der Waals surface area contributed by atoms with Crippen LogP contribution in [0.1, 0.15) is 22.3 Å². The highest BCUT2D eigenvalue weighted by Gasteiger charge is 2.35. The Morgan fingerprint density at radius 1 is 0.935 bits per heavy atom. The second-order valence-corrected chi connectivity index (χ2v) is 8.20. The van der Waals surface area contributed by atoms with Crippen LogP contribution in [-0.4, -0.2) is 16.0 Å². The average molecular weight is 434 g/mol. The topological polar surface area (TPSA) is 46.6 Å². The van der Waals surface area contributed by atoms with Gasteiger partial charge in [-0.2, -0.15) is 0 Å². The Morgan fingerprint density at radius 3 is 2.35 bits per heavy atom. The van der Waals surface area contributed by atoms with Gasteiger partial charge in [0.15, 0.2) is 0 Å². The molecule has 1 saturated heterocycles. The third-order valence-corrected chi connectivity index (χ3v) is 5.76. The first-order chi connectivity index (χ1) is 15.0. The molecule has 4 rings (SSSR count). The van der Waals surface area contributed by atoms with Gasteiger partial charge in [0.1, 0.15) is 18.2 Å². The first-order valence-electron chi connectivity index (χ1n) is 9.77. The van der Waals surface area contributed by atoms with Crippen molar-refractivity contribution >= 4 is 29.0 Å². The first kappa shape index (κ1) is 20.9. The molecule has 3 aromatic carbocycles. The molecule has 0 saturated carbocycles. The van der Waals surface area contributed by atoms with Crippen LogP contribution in [0.5, 0.6) is 5.75 Å². The minimum atomic E-state index is -0.316. The molecule has 0 bridgehead atoms. The maximum Gasteiger partial charge on any atom is 0.293 e. The highest BCUT2D eigenvalue weighted by molar-refractivity contribution is 8.18. The van der Waals surface area contributed by atoms with Crippen molar-refractivity contribution in [3.8, 4) is 5.75 Å². The van der Waals surface area contributed by atoms with Gasteiger partial charge >= 0.3 is 0 Å². The Morgan fingerprint density at radius 2 is 1.61 bits per heavy atom. The van der Waals surface area contributed by atoms with E-state index in [1.165, 1.54) is 17.0 Å². The van der Waals surface area contributed by atoms with Crippen molar-refractivity contribution in [2.24, 2.45) is 0 Å². The molecule has 0 aromatic heterocycles. The van der Waals surface area contributed by atoms with E-state index in [4.69, 9.17) is 4.74 Å². The summed E-state index contributed by atoms with van der Waals surface area (Å²) in [4.78, 5) is 26.9. The molecule has 0 spiro atoms. The summed E-state index contributed by atoms with van der Waals surface area (Å²) in [6, 6.07) is 21.1. The van der Waals surface area contributed by atoms with E-state index in [-0.39, 0.29) is 30.1 Å². The van der Waals surface area contributed by atoms with Crippen LogP contribution in [0.25, 0.3) is 6.08 Å². The van der Waals surface area contributed by atoms with E-state index >= 15 is 0 Å². The van der Waals surface area contributed by atoms with Crippen LogP contribution in [0.4, 0.5) is 9.18 Å². The van der Waals surface area contributed by atoms with E-state index in [0.717, 1.165) is 28.5 Å². The van der Waals surface area contributed by atoms with Crippen LogP contribution in [-0.2, 0) is 17.9 Å². The average Bonchev–Trinajstić information content (AvgIpc) is 3.03. The number of rotatable bonds is 6. The van der Waals surface area contributed by atoms with Gasteiger partial charge in [-0.25, -0.2) is 4.39 Å². The van der Waals surface area contributed by atoms with E-state index < -0.39 is 0 Å². The number of thioether (sulfide) groups is 1. The molecule has 0 aliphatic carbocycles. The van der Waals surface area contributed by atoms with Crippen LogP contribution in [0.3, 0.4) is 0 Å². The molecule has 1 heterocycles. The van der Waals surface area contributed by atoms with Gasteiger partial charge in [0, 0.05) is 5.56 Å². The van der Waals surface area contributed by atoms with Crippen LogP contribution in [0.2, 0.25) is 0 Å². The standard InChI is InChI=1S/C25H20FNO3S/c1-17-6-8-18(9-7-17)15-27-24(28)23(31-25(27)29)14-20-4-2-3-5-22(20)30-16-19-10-12-21(26)13-11-19/h2-14H,15-16H2,1H3/b23-14-. The van der Waals surface area contributed by atoms with Crippen molar-refractivity contribution < 1.29 is 18.7 Å². The molecule has 156 valence electrons. The summed E-state index contributed by atoms with van der Waals surface area (Å²) in [6.45, 7) is 2.49. The smallest absolute Gasteiger partial charge is 0.293 e. The number of imide groups is 1. The third kappa shape index (κ3) is 5.03. The van der Waals surface area contributed by atoms with Crippen molar-refractivity contribution in [2.45, 2.75) is 20.1 Å². The fourth-order valence-corrected chi connectivity index (χ4v) is 3.96. The molecule has 1 fully saturated rings. The number of nitrogens with zero attached hydrogens (tertiary/aromatic N) is 1. The van der Waals surface area contributed by atoms with Gasteiger partial charge in [0.25, 0.3) is 11.1 Å². The minimum absolute atomic E-state index is 0.241. The van der Waals surface area contributed by atoms with Crippen LogP contribution >= 0.6 is 11.8 Å². The summed E-state index contributed by atoms with van der Waals surface area (Å²) >= 11 is 0.925. The summed E-state index contributed by atoms with van der Waals surface area (Å²) in [6.07, 6.45) is 1.68. The van der Waals surface area contributed by atoms with Crippen LogP contribution < -0.4 is 4.74 Å². The SMILES string of the molecule is Cc1ccc(CN2C(=O)S/C(=C\c3ccccc3OCc3ccc(F)cc3)C2=O)cc1. The molecule has 0 radical (unpaired) electrons. The molecule has 4 nitrogen and oxygen atoms in total. The molecule has 0 unspecified atom stereocenters. The molecule has 0 atom stereocenters. The largest absolute Gasteiger partial charge is 0.488 e. The lowest BCUT2D eigenvalue weighted by molar-refractivity contribution is -0.123. The Labute approximate surface area is 184 Å². The number of ether oxygens (including phenoxy) is 1. The van der Waals surface area contributed by atoms with Crippen LogP contribution in [0.15, 0.2) is 77.7 Å². The highest BCUT2D eigenvalue weighted by atomic mass is 32.2. The number of amides is 2. The van der Waals surface area contributed by atoms with E-state index in [1.807, 2.05) is 49.4 Å². The molecule has 1 aliphatic heterocycles. The lowest BCUT2D eigenvalue weighted by Gasteiger charge is -2.12. The Kier molecular flexibility index (Phi) is 6.18. The minimum Gasteiger partial charge on any atom is -0.488 e. The highest BCUT2D eigenvalue weighted by Crippen LogP contribution is 2.35. The van der Waals surface area contributed by atoms with Gasteiger partial charge in [0.05, 0.1) is 11.4 Å². The Bertz CT molecular complexity index is 1140. The van der Waals surface area contributed by atoms with E-state index in [9.17, 15) is 14.0 Å². The number of benzene rings is 3. The summed E-state index contributed by atoms with van der Waals surface area (Å²) < 4.78 is 19.0. The molecule has 1 aliphatic rings. The summed E-state index contributed by atoms with van der Waals surface area (Å²) in [5.74, 6) is -0.0356. The second-order valence-electron chi connectivity index (χ2n) is 7.21. The maximum atomic E-state index is 13.1. The normalized spacial score (nSPS) is 15.0. The summed E-state index contributed by atoms with van der Waals surface area (Å²) in [5.41, 5.74) is 3.55. The number of carbonyl (C=O) groups excluding carboxylic acids is 2. The van der Waals surface area contributed by atoms with Gasteiger partial charge in [-0.1, -0.05) is 60.2 Å². The predicted molar refractivity (Wildman–Crippen MR) is 120 cm³/mol. The zero-order valence-corrected chi connectivity index (χ0v) is 17.7. The number of hydrogen-bond donors (Lipinski definition) is 0. The molecule has 31 heavy (non-hydrogen) atoms. The lowest BCUT2D eigenvalue weighted by atomic mass is 10.1. The first-order valence-corrected chi connectivity index (χ1v) is 10.6. The van der Waals surface area contributed by atoms with Crippen molar-refractivity contribution in [1.29, 1.82) is 0 Å². The molecule has 3 aromatic rings. The fourth-order valence-electron chi connectivity index (χ4n) is 3.13. The van der Waals surface area contributed by atoms with Gasteiger partial charge < -0.3 is 4.74 Å². The predicted octanol–water partition coefficient (Wildman–Crippen LogP) is 5.95. The van der Waals surface area contributed by atoms with Crippen molar-refractivity contribution in [3.05, 3.63) is 106 Å². The van der Waals surface area contributed by atoms with Crippen LogP contribution in [0, 0.1) is 12.7 Å². The number of aryl methyl sites for hydroxylation is 1. The van der Waals surface area contributed by atoms with Gasteiger partial charge in [-0.3, -0.25) is 14.5 Å². The van der Waals surface area contributed by atoms with Gasteiger partial charge in [-0.05, 0) is 54.1 Å². The van der Waals surface area contributed by atoms with Gasteiger partial charge in [0.2, 0.25) is 0 Å². The van der Waals surface area contributed by atoms with Crippen molar-refractivity contribution in [3.63, 3.8) is 0 Å². The fraction of sp³-hybridized carbons (Fsp3) is 0.120. The van der Waals surface area contributed by atoms with E-state index in [1.54, 1.807) is 24.3 Å². The molecular weight excluding hydrogens is 413 g/mol. The number of carbonyl (C=O) groups is 2. The summed E-state index contributed by atoms with van der Waals surface area (Å²) in [5, 5.41) is -0.290. The Balaban J connectivity index is 1.50. The zero-order valence-electron chi connectivity index (χ0n) is 16.9. The molecular formula is C25H20FNO3S. The number of para-hydroxylation sites is 1. The van der Waals surface area contributed by atoms with Crippen molar-refractivity contribution in [1.82, 2.24) is 4.90 Å². The van der Waals surface area contributed by atoms with E-state index in [2.05, 4.69) is 0 Å². The molecule has 2 amide bonds.